The van der Waals surface area contributed by atoms with E-state index in [1.54, 1.807) is 6.07 Å². The van der Waals surface area contributed by atoms with E-state index in [4.69, 9.17) is 4.74 Å². The van der Waals surface area contributed by atoms with Gasteiger partial charge < -0.3 is 20.3 Å². The van der Waals surface area contributed by atoms with Crippen molar-refractivity contribution in [2.75, 3.05) is 26.7 Å². The summed E-state index contributed by atoms with van der Waals surface area (Å²) in [5, 5.41) is 6.43. The number of rotatable bonds is 6. The second kappa shape index (κ2) is 8.87. The number of carbonyl (C=O) groups excluding carboxylic acids is 1. The van der Waals surface area contributed by atoms with E-state index in [2.05, 4.69) is 24.5 Å². The first kappa shape index (κ1) is 18.5. The average Bonchev–Trinajstić information content (AvgIpc) is 2.55. The van der Waals surface area contributed by atoms with Gasteiger partial charge in [0.05, 0.1) is 7.11 Å². The fraction of sp³-hybridized carbons (Fsp3) is 0.611. The van der Waals surface area contributed by atoms with Crippen molar-refractivity contribution in [3.8, 4) is 5.75 Å². The monoisotopic (exact) mass is 337 g/mol. The van der Waals surface area contributed by atoms with Crippen LogP contribution in [0.3, 0.4) is 0 Å². The molecule has 0 bridgehead atoms. The van der Waals surface area contributed by atoms with Gasteiger partial charge in [0.25, 0.3) is 0 Å². The molecule has 0 atom stereocenters. The van der Waals surface area contributed by atoms with E-state index in [0.29, 0.717) is 25.0 Å². The number of amides is 2. The van der Waals surface area contributed by atoms with Gasteiger partial charge in [-0.15, -0.1) is 0 Å². The summed E-state index contributed by atoms with van der Waals surface area (Å²) in [5.74, 6) is -0.137. The number of ether oxygens (including phenoxy) is 1. The summed E-state index contributed by atoms with van der Waals surface area (Å²) in [4.78, 5) is 14.0. The third-order valence-electron chi connectivity index (χ3n) is 4.26. The Morgan fingerprint density at radius 2 is 2.08 bits per heavy atom. The highest BCUT2D eigenvalue weighted by atomic mass is 19.1. The van der Waals surface area contributed by atoms with Crippen LogP contribution >= 0.6 is 0 Å². The molecular weight excluding hydrogens is 309 g/mol. The number of likely N-dealkylation sites (tertiary alicyclic amines) is 1. The number of nitrogens with zero attached hydrogens (tertiary/aromatic N) is 1. The van der Waals surface area contributed by atoms with E-state index in [9.17, 15) is 9.18 Å². The lowest BCUT2D eigenvalue weighted by Gasteiger charge is -2.33. The van der Waals surface area contributed by atoms with Crippen molar-refractivity contribution in [2.45, 2.75) is 45.2 Å². The van der Waals surface area contributed by atoms with Crippen LogP contribution in [0.15, 0.2) is 18.2 Å². The van der Waals surface area contributed by atoms with Crippen molar-refractivity contribution < 1.29 is 13.9 Å². The van der Waals surface area contributed by atoms with Gasteiger partial charge in [0.1, 0.15) is 0 Å². The smallest absolute Gasteiger partial charge is 0.317 e. The minimum atomic E-state index is -0.374. The maximum Gasteiger partial charge on any atom is 0.317 e. The largest absolute Gasteiger partial charge is 0.494 e. The van der Waals surface area contributed by atoms with E-state index >= 15 is 0 Å². The quantitative estimate of drug-likeness (QED) is 0.839. The predicted molar refractivity (Wildman–Crippen MR) is 92.9 cm³/mol. The molecule has 134 valence electrons. The third kappa shape index (κ3) is 5.37. The molecule has 0 spiro atoms. The molecule has 1 saturated heterocycles. The Morgan fingerprint density at radius 1 is 1.38 bits per heavy atom. The number of halogens is 1. The molecular formula is C18H28FN3O2. The molecule has 2 amide bonds. The number of urea groups is 1. The standard InChI is InChI=1S/C18H28FN3O2/c1-13(2)21-15-7-10-22(11-8-15)18(23)20-9-6-14-4-5-17(24-3)16(19)12-14/h4-5,12-13,15,21H,6-11H2,1-3H3,(H,20,23). The number of benzene rings is 1. The zero-order valence-corrected chi connectivity index (χ0v) is 14.8. The van der Waals surface area contributed by atoms with Crippen LogP contribution in [0.1, 0.15) is 32.3 Å². The van der Waals surface area contributed by atoms with Gasteiger partial charge in [0.2, 0.25) is 0 Å². The molecule has 1 aliphatic rings. The van der Waals surface area contributed by atoms with Crippen molar-refractivity contribution in [3.63, 3.8) is 0 Å². The maximum atomic E-state index is 13.6. The first-order valence-electron chi connectivity index (χ1n) is 8.61. The van der Waals surface area contributed by atoms with Crippen LogP contribution in [0, 0.1) is 5.82 Å². The average molecular weight is 337 g/mol. The molecule has 6 heteroatoms. The van der Waals surface area contributed by atoms with E-state index in [1.807, 2.05) is 11.0 Å². The van der Waals surface area contributed by atoms with Crippen LogP contribution in [0.4, 0.5) is 9.18 Å². The molecule has 5 nitrogen and oxygen atoms in total. The first-order valence-corrected chi connectivity index (χ1v) is 8.61. The second-order valence-corrected chi connectivity index (χ2v) is 6.53. The lowest BCUT2D eigenvalue weighted by atomic mass is 10.0. The van der Waals surface area contributed by atoms with E-state index in [1.165, 1.54) is 13.2 Å². The topological polar surface area (TPSA) is 53.6 Å². The minimum Gasteiger partial charge on any atom is -0.494 e. The van der Waals surface area contributed by atoms with Crippen molar-refractivity contribution in [1.82, 2.24) is 15.5 Å². The summed E-state index contributed by atoms with van der Waals surface area (Å²) in [5.41, 5.74) is 0.841. The molecule has 1 aliphatic heterocycles. The van der Waals surface area contributed by atoms with Crippen LogP contribution in [-0.4, -0.2) is 49.8 Å². The fourth-order valence-corrected chi connectivity index (χ4v) is 3.01. The summed E-state index contributed by atoms with van der Waals surface area (Å²) in [6.07, 6.45) is 2.56. The van der Waals surface area contributed by atoms with Crippen molar-refractivity contribution in [2.24, 2.45) is 0 Å². The number of hydrogen-bond donors (Lipinski definition) is 2. The van der Waals surface area contributed by atoms with Gasteiger partial charge in [-0.2, -0.15) is 0 Å². The molecule has 0 aliphatic carbocycles. The van der Waals surface area contributed by atoms with Crippen LogP contribution in [0.2, 0.25) is 0 Å². The van der Waals surface area contributed by atoms with E-state index in [0.717, 1.165) is 31.5 Å². The zero-order chi connectivity index (χ0) is 17.5. The Bertz CT molecular complexity index is 543. The lowest BCUT2D eigenvalue weighted by molar-refractivity contribution is 0.175. The summed E-state index contributed by atoms with van der Waals surface area (Å²) in [7, 11) is 1.44. The van der Waals surface area contributed by atoms with Gasteiger partial charge in [-0.05, 0) is 37.0 Å². The van der Waals surface area contributed by atoms with Crippen molar-refractivity contribution >= 4 is 6.03 Å². The highest BCUT2D eigenvalue weighted by molar-refractivity contribution is 5.74. The zero-order valence-electron chi connectivity index (χ0n) is 14.8. The molecule has 0 radical (unpaired) electrons. The van der Waals surface area contributed by atoms with Crippen molar-refractivity contribution in [1.29, 1.82) is 0 Å². The summed E-state index contributed by atoms with van der Waals surface area (Å²) >= 11 is 0. The molecule has 0 unspecified atom stereocenters. The van der Waals surface area contributed by atoms with Gasteiger partial charge >= 0.3 is 6.03 Å². The Hall–Kier alpha value is -1.82. The minimum absolute atomic E-state index is 0.0352. The molecule has 1 heterocycles. The van der Waals surface area contributed by atoms with Crippen LogP contribution in [0.25, 0.3) is 0 Å². The van der Waals surface area contributed by atoms with E-state index in [-0.39, 0.29) is 17.6 Å². The molecule has 1 fully saturated rings. The Labute approximate surface area is 143 Å². The molecule has 2 rings (SSSR count). The number of hydrogen-bond acceptors (Lipinski definition) is 3. The number of nitrogens with one attached hydrogen (secondary N) is 2. The lowest BCUT2D eigenvalue weighted by Crippen LogP contribution is -2.49. The molecule has 24 heavy (non-hydrogen) atoms. The first-order chi connectivity index (χ1) is 11.5. The molecule has 2 N–H and O–H groups in total. The van der Waals surface area contributed by atoms with Crippen LogP contribution < -0.4 is 15.4 Å². The Balaban J connectivity index is 1.71. The van der Waals surface area contributed by atoms with Gasteiger partial charge in [0.15, 0.2) is 11.6 Å². The summed E-state index contributed by atoms with van der Waals surface area (Å²) in [6, 6.07) is 5.81. The number of carbonyl (C=O) groups is 1. The molecule has 0 saturated carbocycles. The normalized spacial score (nSPS) is 15.6. The number of piperidine rings is 1. The predicted octanol–water partition coefficient (Wildman–Crippen LogP) is 2.55. The molecule has 0 aromatic heterocycles. The number of methoxy groups -OCH3 is 1. The van der Waals surface area contributed by atoms with E-state index < -0.39 is 0 Å². The van der Waals surface area contributed by atoms with Crippen molar-refractivity contribution in [3.05, 3.63) is 29.6 Å². The van der Waals surface area contributed by atoms with Crippen LogP contribution in [-0.2, 0) is 6.42 Å². The molecule has 1 aromatic carbocycles. The Morgan fingerprint density at radius 3 is 2.67 bits per heavy atom. The highest BCUT2D eigenvalue weighted by Crippen LogP contribution is 2.17. The van der Waals surface area contributed by atoms with Gasteiger partial charge in [0, 0.05) is 31.7 Å². The summed E-state index contributed by atoms with van der Waals surface area (Å²) in [6.45, 7) is 6.32. The molecule has 1 aromatic rings. The maximum absolute atomic E-state index is 13.6. The second-order valence-electron chi connectivity index (χ2n) is 6.53. The Kier molecular flexibility index (Phi) is 6.85. The highest BCUT2D eigenvalue weighted by Gasteiger charge is 2.22. The van der Waals surface area contributed by atoms with Gasteiger partial charge in [-0.1, -0.05) is 19.9 Å². The fourth-order valence-electron chi connectivity index (χ4n) is 3.01. The summed E-state index contributed by atoms with van der Waals surface area (Å²) < 4.78 is 18.5. The van der Waals surface area contributed by atoms with Gasteiger partial charge in [-0.3, -0.25) is 0 Å². The van der Waals surface area contributed by atoms with Gasteiger partial charge in [-0.25, -0.2) is 9.18 Å². The third-order valence-corrected chi connectivity index (χ3v) is 4.26. The van der Waals surface area contributed by atoms with Crippen LogP contribution in [0.5, 0.6) is 5.75 Å². The SMILES string of the molecule is COc1ccc(CCNC(=O)N2CCC(NC(C)C)CC2)cc1F.